The highest BCUT2D eigenvalue weighted by Gasteiger charge is 2.25. The molecule has 0 aromatic heterocycles. The summed E-state index contributed by atoms with van der Waals surface area (Å²) in [6.07, 6.45) is 1.70. The van der Waals surface area contributed by atoms with E-state index in [1.165, 1.54) is 7.11 Å². The number of esters is 1. The molecule has 0 atom stereocenters. The topological polar surface area (TPSA) is 58.6 Å². The molecule has 0 spiro atoms. The fourth-order valence-corrected chi connectivity index (χ4v) is 2.19. The molecule has 0 aliphatic rings. The summed E-state index contributed by atoms with van der Waals surface area (Å²) in [6, 6.07) is 4.98. The Morgan fingerprint density at radius 3 is 2.55 bits per heavy atom. The van der Waals surface area contributed by atoms with Crippen LogP contribution in [0.4, 0.5) is 5.69 Å². The van der Waals surface area contributed by atoms with Crippen molar-refractivity contribution < 1.29 is 14.6 Å². The van der Waals surface area contributed by atoms with Crippen molar-refractivity contribution in [3.8, 4) is 0 Å². The van der Waals surface area contributed by atoms with Crippen LogP contribution in [0.3, 0.4) is 0 Å². The van der Waals surface area contributed by atoms with Gasteiger partial charge in [0.25, 0.3) is 0 Å². The number of aliphatic hydroxyl groups is 1. The summed E-state index contributed by atoms with van der Waals surface area (Å²) in [5, 5.41) is 13.3. The summed E-state index contributed by atoms with van der Waals surface area (Å²) >= 11 is 5.97. The van der Waals surface area contributed by atoms with E-state index in [0.29, 0.717) is 22.8 Å². The van der Waals surface area contributed by atoms with Crippen LogP contribution in [0.15, 0.2) is 18.2 Å². The number of halogens is 1. The summed E-state index contributed by atoms with van der Waals surface area (Å²) < 4.78 is 4.76. The highest BCUT2D eigenvalue weighted by Crippen LogP contribution is 2.28. The molecule has 4 nitrogen and oxygen atoms in total. The molecule has 0 aliphatic heterocycles. The van der Waals surface area contributed by atoms with Crippen molar-refractivity contribution in [1.29, 1.82) is 0 Å². The zero-order valence-corrected chi connectivity index (χ0v) is 13.0. The Labute approximate surface area is 125 Å². The molecule has 0 fully saturated rings. The normalized spacial score (nSPS) is 11.2. The van der Waals surface area contributed by atoms with Gasteiger partial charge in [-0.1, -0.05) is 25.4 Å². The second kappa shape index (κ2) is 7.50. The van der Waals surface area contributed by atoms with E-state index in [1.807, 2.05) is 13.8 Å². The minimum atomic E-state index is -0.410. The first-order chi connectivity index (χ1) is 9.51. The second-order valence-electron chi connectivity index (χ2n) is 4.90. The summed E-state index contributed by atoms with van der Waals surface area (Å²) in [4.78, 5) is 11.7. The number of aliphatic hydroxyl groups excluding tert-OH is 1. The number of nitrogens with one attached hydrogen (secondary N) is 1. The number of benzene rings is 1. The smallest absolute Gasteiger partial charge is 0.339 e. The fourth-order valence-electron chi connectivity index (χ4n) is 2.01. The van der Waals surface area contributed by atoms with Crippen LogP contribution < -0.4 is 5.32 Å². The molecule has 0 radical (unpaired) electrons. The predicted octanol–water partition coefficient (Wildman–Crippen LogP) is 3.34. The molecule has 0 saturated carbocycles. The van der Waals surface area contributed by atoms with Gasteiger partial charge in [-0.15, -0.1) is 0 Å². The molecule has 0 bridgehead atoms. The van der Waals surface area contributed by atoms with Crippen molar-refractivity contribution in [3.63, 3.8) is 0 Å². The highest BCUT2D eigenvalue weighted by molar-refractivity contribution is 6.31. The summed E-state index contributed by atoms with van der Waals surface area (Å²) in [5.74, 6) is -0.410. The quantitative estimate of drug-likeness (QED) is 0.758. The Morgan fingerprint density at radius 1 is 1.40 bits per heavy atom. The first-order valence-electron chi connectivity index (χ1n) is 6.74. The molecule has 0 unspecified atom stereocenters. The van der Waals surface area contributed by atoms with Gasteiger partial charge in [0.2, 0.25) is 0 Å². The van der Waals surface area contributed by atoms with Crippen LogP contribution in [0.2, 0.25) is 5.02 Å². The summed E-state index contributed by atoms with van der Waals surface area (Å²) in [7, 11) is 1.34. The summed E-state index contributed by atoms with van der Waals surface area (Å²) in [5.41, 5.74) is 0.871. The van der Waals surface area contributed by atoms with Gasteiger partial charge >= 0.3 is 5.97 Å². The summed E-state index contributed by atoms with van der Waals surface area (Å²) in [6.45, 7) is 4.75. The van der Waals surface area contributed by atoms with Crippen molar-refractivity contribution >= 4 is 23.3 Å². The molecule has 0 aliphatic carbocycles. The molecule has 2 N–H and O–H groups in total. The second-order valence-corrected chi connectivity index (χ2v) is 5.34. The number of rotatable bonds is 7. The maximum Gasteiger partial charge on any atom is 0.339 e. The number of hydrogen-bond donors (Lipinski definition) is 2. The first kappa shape index (κ1) is 16.8. The van der Waals surface area contributed by atoms with E-state index in [-0.39, 0.29) is 12.0 Å². The lowest BCUT2D eigenvalue weighted by atomic mass is 9.83. The lowest BCUT2D eigenvalue weighted by Crippen LogP contribution is -2.32. The monoisotopic (exact) mass is 299 g/mol. The third-order valence-corrected chi connectivity index (χ3v) is 4.11. The van der Waals surface area contributed by atoms with Gasteiger partial charge in [0.05, 0.1) is 25.0 Å². The molecular formula is C15H22ClNO3. The molecule has 1 aromatic rings. The Morgan fingerprint density at radius 2 is 2.05 bits per heavy atom. The number of carbonyl (C=O) groups excluding carboxylic acids is 1. The van der Waals surface area contributed by atoms with E-state index in [4.69, 9.17) is 16.3 Å². The van der Waals surface area contributed by atoms with Gasteiger partial charge in [0.1, 0.15) is 0 Å². The van der Waals surface area contributed by atoms with Gasteiger partial charge in [0.15, 0.2) is 0 Å². The predicted molar refractivity (Wildman–Crippen MR) is 81.4 cm³/mol. The number of methoxy groups -OCH3 is 1. The lowest BCUT2D eigenvalue weighted by Gasteiger charge is -2.30. The fraction of sp³-hybridized carbons (Fsp3) is 0.533. The van der Waals surface area contributed by atoms with Crippen LogP contribution in [0.1, 0.15) is 37.0 Å². The minimum Gasteiger partial charge on any atom is -0.465 e. The van der Waals surface area contributed by atoms with Gasteiger partial charge in [-0.2, -0.15) is 0 Å². The van der Waals surface area contributed by atoms with Crippen LogP contribution >= 0.6 is 11.6 Å². The van der Waals surface area contributed by atoms with E-state index in [2.05, 4.69) is 5.32 Å². The number of ether oxygens (including phenoxy) is 1. The molecule has 0 heterocycles. The molecule has 0 saturated heterocycles. The lowest BCUT2D eigenvalue weighted by molar-refractivity contribution is 0.0601. The van der Waals surface area contributed by atoms with E-state index >= 15 is 0 Å². The first-order valence-corrected chi connectivity index (χ1v) is 7.12. The molecule has 112 valence electrons. The van der Waals surface area contributed by atoms with Crippen molar-refractivity contribution in [2.75, 3.05) is 25.6 Å². The van der Waals surface area contributed by atoms with Crippen LogP contribution in [0.25, 0.3) is 0 Å². The highest BCUT2D eigenvalue weighted by atomic mass is 35.5. The number of anilines is 1. The zero-order valence-electron chi connectivity index (χ0n) is 12.2. The van der Waals surface area contributed by atoms with Gasteiger partial charge in [-0.05, 0) is 31.0 Å². The van der Waals surface area contributed by atoms with Crippen LogP contribution in [0.5, 0.6) is 0 Å². The molecule has 0 amide bonds. The Balaban J connectivity index is 2.96. The SMILES string of the molecule is CCC(CC)(CO)CNc1cc(Cl)ccc1C(=O)OC. The van der Waals surface area contributed by atoms with Crippen molar-refractivity contribution in [3.05, 3.63) is 28.8 Å². The van der Waals surface area contributed by atoms with E-state index in [1.54, 1.807) is 18.2 Å². The maximum atomic E-state index is 11.7. The third kappa shape index (κ3) is 3.87. The van der Waals surface area contributed by atoms with Gasteiger partial charge in [0, 0.05) is 17.0 Å². The number of hydrogen-bond acceptors (Lipinski definition) is 4. The van der Waals surface area contributed by atoms with Crippen LogP contribution in [0, 0.1) is 5.41 Å². The Kier molecular flexibility index (Phi) is 6.30. The number of carbonyl (C=O) groups is 1. The average Bonchev–Trinajstić information content (AvgIpc) is 2.48. The Hall–Kier alpha value is -1.26. The zero-order chi connectivity index (χ0) is 15.2. The van der Waals surface area contributed by atoms with Gasteiger partial charge < -0.3 is 15.2 Å². The van der Waals surface area contributed by atoms with Gasteiger partial charge in [-0.25, -0.2) is 4.79 Å². The van der Waals surface area contributed by atoms with Crippen molar-refractivity contribution in [2.45, 2.75) is 26.7 Å². The molecule has 20 heavy (non-hydrogen) atoms. The average molecular weight is 300 g/mol. The molecule has 5 heteroatoms. The van der Waals surface area contributed by atoms with E-state index < -0.39 is 5.97 Å². The third-order valence-electron chi connectivity index (χ3n) is 3.88. The molecular weight excluding hydrogens is 278 g/mol. The molecule has 1 aromatic carbocycles. The van der Waals surface area contributed by atoms with Crippen molar-refractivity contribution in [1.82, 2.24) is 0 Å². The van der Waals surface area contributed by atoms with Crippen LogP contribution in [-0.2, 0) is 4.74 Å². The Bertz CT molecular complexity index is 450. The maximum absolute atomic E-state index is 11.7. The molecule has 1 rings (SSSR count). The minimum absolute atomic E-state index is 0.0983. The van der Waals surface area contributed by atoms with E-state index in [9.17, 15) is 9.90 Å². The van der Waals surface area contributed by atoms with Gasteiger partial charge in [-0.3, -0.25) is 0 Å². The van der Waals surface area contributed by atoms with E-state index in [0.717, 1.165) is 12.8 Å². The van der Waals surface area contributed by atoms with Crippen LogP contribution in [-0.4, -0.2) is 31.3 Å². The van der Waals surface area contributed by atoms with Crippen molar-refractivity contribution in [2.24, 2.45) is 5.41 Å². The standard InChI is InChI=1S/C15H22ClNO3/c1-4-15(5-2,10-18)9-17-13-8-11(16)6-7-12(13)14(19)20-3/h6-8,17-18H,4-5,9-10H2,1-3H3. The largest absolute Gasteiger partial charge is 0.465 e.